The summed E-state index contributed by atoms with van der Waals surface area (Å²) < 4.78 is 3.07. The number of rotatable bonds is 4. The van der Waals surface area contributed by atoms with Crippen molar-refractivity contribution in [2.75, 3.05) is 5.32 Å². The molecule has 0 saturated heterocycles. The minimum atomic E-state index is -0.357. The molecule has 0 atom stereocenters. The summed E-state index contributed by atoms with van der Waals surface area (Å²) >= 11 is 18.0. The third kappa shape index (κ3) is 3.56. The maximum Gasteiger partial charge on any atom is 0.275 e. The fourth-order valence-corrected chi connectivity index (χ4v) is 2.92. The van der Waals surface area contributed by atoms with E-state index in [-0.39, 0.29) is 16.6 Å². The van der Waals surface area contributed by atoms with Crippen LogP contribution in [0, 0.1) is 0 Å². The Kier molecular flexibility index (Phi) is 4.80. The molecule has 1 aromatic carbocycles. The van der Waals surface area contributed by atoms with Crippen LogP contribution < -0.4 is 5.32 Å². The second kappa shape index (κ2) is 6.84. The van der Waals surface area contributed by atoms with E-state index in [9.17, 15) is 4.79 Å². The molecule has 1 amide bonds. The fraction of sp³-hybridized carbons (Fsp3) is 0.133. The van der Waals surface area contributed by atoms with Crippen molar-refractivity contribution in [3.63, 3.8) is 0 Å². The molecule has 3 aromatic rings. The van der Waals surface area contributed by atoms with Crippen LogP contribution in [-0.2, 0) is 13.6 Å². The zero-order valence-corrected chi connectivity index (χ0v) is 14.8. The van der Waals surface area contributed by atoms with Gasteiger partial charge >= 0.3 is 0 Å². The zero-order valence-electron chi connectivity index (χ0n) is 12.5. The Morgan fingerprint density at radius 3 is 2.62 bits per heavy atom. The van der Waals surface area contributed by atoms with Crippen molar-refractivity contribution >= 4 is 46.4 Å². The number of halogens is 3. The van der Waals surface area contributed by atoms with E-state index in [1.807, 2.05) is 6.07 Å². The molecule has 2 aromatic heterocycles. The number of carbonyl (C=O) groups is 1. The van der Waals surface area contributed by atoms with Gasteiger partial charge in [-0.25, -0.2) is 0 Å². The summed E-state index contributed by atoms with van der Waals surface area (Å²) in [6.07, 6.45) is 4.67. The van der Waals surface area contributed by atoms with Gasteiger partial charge in [-0.2, -0.15) is 10.2 Å². The van der Waals surface area contributed by atoms with Gasteiger partial charge in [0.15, 0.2) is 0 Å². The molecule has 1 N–H and O–H groups in total. The van der Waals surface area contributed by atoms with Crippen LogP contribution in [0.2, 0.25) is 15.1 Å². The number of hydrogen-bond acceptors (Lipinski definition) is 3. The van der Waals surface area contributed by atoms with E-state index in [1.165, 1.54) is 10.9 Å². The van der Waals surface area contributed by atoms with Crippen molar-refractivity contribution in [1.82, 2.24) is 19.6 Å². The highest BCUT2D eigenvalue weighted by Crippen LogP contribution is 2.22. The standard InChI is InChI=1S/C15H12Cl3N5O/c1-22-14(13(18)6-19-22)15(24)21-11-5-20-23(8-11)7-9-2-3-10(16)4-12(9)17/h2-6,8H,7H2,1H3,(H,21,24). The van der Waals surface area contributed by atoms with Crippen LogP contribution in [-0.4, -0.2) is 25.5 Å². The second-order valence-corrected chi connectivity index (χ2v) is 6.33. The molecule has 2 heterocycles. The maximum absolute atomic E-state index is 12.2. The lowest BCUT2D eigenvalue weighted by Crippen LogP contribution is -2.16. The lowest BCUT2D eigenvalue weighted by molar-refractivity contribution is 0.101. The van der Waals surface area contributed by atoms with Crippen LogP contribution in [0.4, 0.5) is 5.69 Å². The predicted octanol–water partition coefficient (Wildman–Crippen LogP) is 3.88. The highest BCUT2D eigenvalue weighted by atomic mass is 35.5. The molecule has 9 heteroatoms. The number of nitrogens with zero attached hydrogens (tertiary/aromatic N) is 4. The smallest absolute Gasteiger partial charge is 0.275 e. The minimum Gasteiger partial charge on any atom is -0.318 e. The summed E-state index contributed by atoms with van der Waals surface area (Å²) in [6, 6.07) is 5.27. The van der Waals surface area contributed by atoms with E-state index < -0.39 is 0 Å². The van der Waals surface area contributed by atoms with Gasteiger partial charge in [0.1, 0.15) is 5.69 Å². The first-order valence-electron chi connectivity index (χ1n) is 6.89. The van der Waals surface area contributed by atoms with Gasteiger partial charge in [-0.1, -0.05) is 40.9 Å². The van der Waals surface area contributed by atoms with Gasteiger partial charge in [-0.05, 0) is 17.7 Å². The van der Waals surface area contributed by atoms with Crippen LogP contribution in [0.25, 0.3) is 0 Å². The molecular formula is C15H12Cl3N5O. The Morgan fingerprint density at radius 1 is 1.17 bits per heavy atom. The third-order valence-corrected chi connectivity index (χ3v) is 4.21. The number of nitrogens with one attached hydrogen (secondary N) is 1. The maximum atomic E-state index is 12.2. The highest BCUT2D eigenvalue weighted by molar-refractivity contribution is 6.35. The molecule has 0 aliphatic heterocycles. The summed E-state index contributed by atoms with van der Waals surface area (Å²) in [6.45, 7) is 0.457. The van der Waals surface area contributed by atoms with E-state index in [1.54, 1.807) is 36.3 Å². The van der Waals surface area contributed by atoms with E-state index >= 15 is 0 Å². The van der Waals surface area contributed by atoms with Crippen LogP contribution in [0.5, 0.6) is 0 Å². The van der Waals surface area contributed by atoms with Gasteiger partial charge in [0.25, 0.3) is 5.91 Å². The molecule has 124 valence electrons. The Balaban J connectivity index is 1.73. The number of benzene rings is 1. The number of hydrogen-bond donors (Lipinski definition) is 1. The summed E-state index contributed by atoms with van der Waals surface area (Å²) in [5, 5.41) is 12.3. The Labute approximate surface area is 152 Å². The molecule has 0 spiro atoms. The Hall–Kier alpha value is -2.02. The molecule has 0 radical (unpaired) electrons. The summed E-state index contributed by atoms with van der Waals surface area (Å²) in [5.41, 5.74) is 1.70. The van der Waals surface area contributed by atoms with E-state index in [0.29, 0.717) is 22.3 Å². The minimum absolute atomic E-state index is 0.283. The largest absolute Gasteiger partial charge is 0.318 e. The first-order chi connectivity index (χ1) is 11.4. The van der Waals surface area contributed by atoms with Gasteiger partial charge in [0, 0.05) is 23.3 Å². The van der Waals surface area contributed by atoms with Crippen LogP contribution in [0.3, 0.4) is 0 Å². The van der Waals surface area contributed by atoms with Gasteiger partial charge in [0.05, 0.1) is 29.6 Å². The lowest BCUT2D eigenvalue weighted by Gasteiger charge is -2.05. The average Bonchev–Trinajstić information content (AvgIpc) is 3.08. The number of aryl methyl sites for hydroxylation is 1. The topological polar surface area (TPSA) is 64.7 Å². The van der Waals surface area contributed by atoms with E-state index in [0.717, 1.165) is 5.56 Å². The Morgan fingerprint density at radius 2 is 1.96 bits per heavy atom. The van der Waals surface area contributed by atoms with Crippen molar-refractivity contribution < 1.29 is 4.79 Å². The van der Waals surface area contributed by atoms with Crippen LogP contribution in [0.15, 0.2) is 36.8 Å². The lowest BCUT2D eigenvalue weighted by atomic mass is 10.2. The quantitative estimate of drug-likeness (QED) is 0.742. The van der Waals surface area contributed by atoms with Gasteiger partial charge in [-0.15, -0.1) is 0 Å². The number of carbonyl (C=O) groups excluding carboxylic acids is 1. The Bertz CT molecular complexity index is 883. The average molecular weight is 385 g/mol. The van der Waals surface area contributed by atoms with Crippen molar-refractivity contribution in [1.29, 1.82) is 0 Å². The molecule has 0 saturated carbocycles. The van der Waals surface area contributed by atoms with Crippen molar-refractivity contribution in [2.24, 2.45) is 7.05 Å². The number of amides is 1. The molecule has 0 unspecified atom stereocenters. The summed E-state index contributed by atoms with van der Waals surface area (Å²) in [4.78, 5) is 12.2. The van der Waals surface area contributed by atoms with Crippen molar-refractivity contribution in [2.45, 2.75) is 6.54 Å². The molecule has 3 rings (SSSR count). The van der Waals surface area contributed by atoms with Gasteiger partial charge < -0.3 is 5.32 Å². The normalized spacial score (nSPS) is 10.8. The molecule has 6 nitrogen and oxygen atoms in total. The van der Waals surface area contributed by atoms with Gasteiger partial charge in [0.2, 0.25) is 0 Å². The SMILES string of the molecule is Cn1ncc(Cl)c1C(=O)Nc1cnn(Cc2ccc(Cl)cc2Cl)c1. The predicted molar refractivity (Wildman–Crippen MR) is 94.0 cm³/mol. The summed E-state index contributed by atoms with van der Waals surface area (Å²) in [5.74, 6) is -0.357. The first kappa shape index (κ1) is 16.8. The van der Waals surface area contributed by atoms with E-state index in [4.69, 9.17) is 34.8 Å². The van der Waals surface area contributed by atoms with E-state index in [2.05, 4.69) is 15.5 Å². The molecular weight excluding hydrogens is 373 g/mol. The molecule has 0 fully saturated rings. The zero-order chi connectivity index (χ0) is 17.3. The highest BCUT2D eigenvalue weighted by Gasteiger charge is 2.16. The molecule has 24 heavy (non-hydrogen) atoms. The monoisotopic (exact) mass is 383 g/mol. The number of aromatic nitrogens is 4. The molecule has 0 aliphatic carbocycles. The molecule has 0 aliphatic rings. The third-order valence-electron chi connectivity index (χ3n) is 3.35. The van der Waals surface area contributed by atoms with Crippen molar-refractivity contribution in [3.8, 4) is 0 Å². The second-order valence-electron chi connectivity index (χ2n) is 5.08. The van der Waals surface area contributed by atoms with Gasteiger partial charge in [-0.3, -0.25) is 14.2 Å². The number of anilines is 1. The van der Waals surface area contributed by atoms with Crippen molar-refractivity contribution in [3.05, 3.63) is 63.1 Å². The molecule has 0 bridgehead atoms. The van der Waals surface area contributed by atoms with Crippen LogP contribution in [0.1, 0.15) is 16.1 Å². The fourth-order valence-electron chi connectivity index (χ4n) is 2.20. The first-order valence-corrected chi connectivity index (χ1v) is 8.02. The summed E-state index contributed by atoms with van der Waals surface area (Å²) in [7, 11) is 1.65. The van der Waals surface area contributed by atoms with Crippen LogP contribution >= 0.6 is 34.8 Å².